The highest BCUT2D eigenvalue weighted by molar-refractivity contribution is 6.07. The fraction of sp³-hybridized carbons (Fsp3) is 0.400. The molecule has 0 aliphatic carbocycles. The summed E-state index contributed by atoms with van der Waals surface area (Å²) in [5.41, 5.74) is 0. The molecule has 0 fully saturated rings. The lowest BCUT2D eigenvalue weighted by Gasteiger charge is -1.92. The highest BCUT2D eigenvalue weighted by atomic mass is 16.6. The number of carboxylic acid groups (broad SMARTS) is 1. The molecule has 1 aliphatic heterocycles. The number of hydrogen-bond acceptors (Lipinski definition) is 4. The van der Waals surface area contributed by atoms with E-state index < -0.39 is 18.0 Å². The van der Waals surface area contributed by atoms with Crippen LogP contribution in [0.3, 0.4) is 0 Å². The number of rotatable bonds is 1. The largest absolute Gasteiger partial charge is 0.479 e. The van der Waals surface area contributed by atoms with Crippen LogP contribution in [-0.4, -0.2) is 29.0 Å². The van der Waals surface area contributed by atoms with Crippen LogP contribution in [0.1, 0.15) is 6.92 Å². The maximum atomic E-state index is 10.5. The number of hydrogen-bond donors (Lipinski definition) is 1. The number of carbonyl (C=O) groups excluding carboxylic acids is 1. The summed E-state index contributed by atoms with van der Waals surface area (Å²) in [4.78, 5) is 24.1. The van der Waals surface area contributed by atoms with E-state index in [0.717, 1.165) is 0 Å². The molecule has 0 aromatic carbocycles. The Kier molecular flexibility index (Phi) is 1.41. The molecule has 1 rings (SSSR count). The van der Waals surface area contributed by atoms with Crippen molar-refractivity contribution in [2.75, 3.05) is 0 Å². The minimum atomic E-state index is -1.35. The van der Waals surface area contributed by atoms with Crippen LogP contribution in [0.4, 0.5) is 0 Å². The van der Waals surface area contributed by atoms with E-state index in [1.165, 1.54) is 6.92 Å². The third kappa shape index (κ3) is 0.975. The number of cyclic esters (lactones) is 1. The Bertz CT molecular complexity index is 220. The zero-order valence-corrected chi connectivity index (χ0v) is 5.20. The third-order valence-electron chi connectivity index (χ3n) is 1.02. The third-order valence-corrected chi connectivity index (χ3v) is 1.02. The van der Waals surface area contributed by atoms with E-state index in [1.807, 2.05) is 0 Å². The molecule has 0 aromatic rings. The smallest absolute Gasteiger partial charge is 0.349 e. The van der Waals surface area contributed by atoms with Gasteiger partial charge in [0, 0.05) is 6.92 Å². The van der Waals surface area contributed by atoms with Crippen molar-refractivity contribution < 1.29 is 19.4 Å². The average molecular weight is 143 g/mol. The highest BCUT2D eigenvalue weighted by Crippen LogP contribution is 2.05. The number of aliphatic carboxylic acids is 1. The van der Waals surface area contributed by atoms with Gasteiger partial charge >= 0.3 is 11.9 Å². The van der Waals surface area contributed by atoms with Crippen molar-refractivity contribution in [1.29, 1.82) is 0 Å². The first-order chi connectivity index (χ1) is 4.61. The van der Waals surface area contributed by atoms with E-state index in [2.05, 4.69) is 9.73 Å². The lowest BCUT2D eigenvalue weighted by Crippen LogP contribution is -2.24. The number of aliphatic imine (C=N–C) groups is 1. The first-order valence-corrected chi connectivity index (χ1v) is 2.60. The lowest BCUT2D eigenvalue weighted by atomic mass is 10.3. The van der Waals surface area contributed by atoms with Crippen LogP contribution in [0.25, 0.3) is 0 Å². The number of carboxylic acids is 1. The molecule has 1 N–H and O–H groups in total. The Balaban J connectivity index is 2.79. The molecular weight excluding hydrogens is 138 g/mol. The van der Waals surface area contributed by atoms with Crippen molar-refractivity contribution in [3.8, 4) is 0 Å². The molecule has 5 heteroatoms. The minimum absolute atomic E-state index is 0.109. The monoisotopic (exact) mass is 143 g/mol. The predicted molar refractivity (Wildman–Crippen MR) is 30.6 cm³/mol. The molecule has 0 aromatic heterocycles. The first-order valence-electron chi connectivity index (χ1n) is 2.60. The molecule has 0 spiro atoms. The Hall–Kier alpha value is -1.39. The van der Waals surface area contributed by atoms with Gasteiger partial charge in [-0.1, -0.05) is 0 Å². The molecule has 0 saturated heterocycles. The van der Waals surface area contributed by atoms with Crippen LogP contribution < -0.4 is 0 Å². The van der Waals surface area contributed by atoms with Crippen LogP contribution in [0.15, 0.2) is 4.99 Å². The van der Waals surface area contributed by atoms with E-state index in [9.17, 15) is 9.59 Å². The van der Waals surface area contributed by atoms with Gasteiger partial charge < -0.3 is 9.84 Å². The average Bonchev–Trinajstić information content (AvgIpc) is 2.10. The fourth-order valence-electron chi connectivity index (χ4n) is 0.618. The molecule has 1 aliphatic rings. The molecule has 54 valence electrons. The van der Waals surface area contributed by atoms with E-state index in [0.29, 0.717) is 0 Å². The van der Waals surface area contributed by atoms with Crippen molar-refractivity contribution in [3.05, 3.63) is 0 Å². The quantitative estimate of drug-likeness (QED) is 0.393. The van der Waals surface area contributed by atoms with Gasteiger partial charge in [-0.3, -0.25) is 0 Å². The van der Waals surface area contributed by atoms with Crippen molar-refractivity contribution in [2.24, 2.45) is 4.99 Å². The molecule has 1 atom stereocenters. The van der Waals surface area contributed by atoms with E-state index in [1.54, 1.807) is 0 Å². The fourth-order valence-corrected chi connectivity index (χ4v) is 0.618. The second kappa shape index (κ2) is 2.09. The van der Waals surface area contributed by atoms with Gasteiger partial charge in [-0.25, -0.2) is 14.6 Å². The van der Waals surface area contributed by atoms with Gasteiger partial charge in [0.1, 0.15) is 0 Å². The molecule has 0 radical (unpaired) electrons. The Labute approximate surface area is 56.3 Å². The lowest BCUT2D eigenvalue weighted by molar-refractivity contribution is -0.146. The Morgan fingerprint density at radius 2 is 2.40 bits per heavy atom. The summed E-state index contributed by atoms with van der Waals surface area (Å²) >= 11 is 0. The number of ether oxygens (including phenoxy) is 1. The maximum absolute atomic E-state index is 10.5. The van der Waals surface area contributed by atoms with Gasteiger partial charge in [0.2, 0.25) is 6.04 Å². The van der Waals surface area contributed by atoms with Gasteiger partial charge in [-0.05, 0) is 0 Å². The zero-order valence-electron chi connectivity index (χ0n) is 5.20. The Morgan fingerprint density at radius 1 is 1.80 bits per heavy atom. The summed E-state index contributed by atoms with van der Waals surface area (Å²) in [6, 6.07) is -1.35. The predicted octanol–water partition coefficient (Wildman–Crippen LogP) is -0.585. The first kappa shape index (κ1) is 6.73. The molecule has 10 heavy (non-hydrogen) atoms. The summed E-state index contributed by atoms with van der Waals surface area (Å²) in [6.45, 7) is 1.43. The zero-order chi connectivity index (χ0) is 7.72. The van der Waals surface area contributed by atoms with Gasteiger partial charge in [0.15, 0.2) is 5.90 Å². The van der Waals surface area contributed by atoms with Gasteiger partial charge in [-0.2, -0.15) is 0 Å². The summed E-state index contributed by atoms with van der Waals surface area (Å²) in [7, 11) is 0. The molecule has 1 heterocycles. The van der Waals surface area contributed by atoms with E-state index >= 15 is 0 Å². The van der Waals surface area contributed by atoms with Crippen molar-refractivity contribution in [2.45, 2.75) is 13.0 Å². The van der Waals surface area contributed by atoms with Crippen LogP contribution in [0.5, 0.6) is 0 Å². The highest BCUT2D eigenvalue weighted by Gasteiger charge is 2.33. The van der Waals surface area contributed by atoms with E-state index in [-0.39, 0.29) is 5.90 Å². The molecule has 0 saturated carbocycles. The molecule has 0 bridgehead atoms. The summed E-state index contributed by atoms with van der Waals surface area (Å²) < 4.78 is 4.37. The standard InChI is InChI=1S/C5H5NO4/c1-2-6-3(4(7)8)5(9)10-2/h3H,1H3,(H,7,8)/t3-/m1/s1. The second-order valence-electron chi connectivity index (χ2n) is 1.81. The molecule has 5 nitrogen and oxygen atoms in total. The van der Waals surface area contributed by atoms with E-state index in [4.69, 9.17) is 5.11 Å². The minimum Gasteiger partial charge on any atom is -0.479 e. The normalized spacial score (nSPS) is 23.9. The van der Waals surface area contributed by atoms with Crippen molar-refractivity contribution in [3.63, 3.8) is 0 Å². The van der Waals surface area contributed by atoms with Gasteiger partial charge in [-0.15, -0.1) is 0 Å². The summed E-state index contributed by atoms with van der Waals surface area (Å²) in [5.74, 6) is -1.98. The number of carbonyl (C=O) groups is 2. The molecule has 0 amide bonds. The molecular formula is C5H5NO4. The SMILES string of the molecule is CC1=N[C@H](C(=O)O)C(=O)O1. The number of esters is 1. The van der Waals surface area contributed by atoms with Crippen molar-refractivity contribution in [1.82, 2.24) is 0 Å². The molecule has 0 unspecified atom stereocenters. The summed E-state index contributed by atoms with van der Waals surface area (Å²) in [6.07, 6.45) is 0. The van der Waals surface area contributed by atoms with Gasteiger partial charge in [0.05, 0.1) is 0 Å². The van der Waals surface area contributed by atoms with Crippen LogP contribution in [0.2, 0.25) is 0 Å². The number of nitrogens with zero attached hydrogens (tertiary/aromatic N) is 1. The second-order valence-corrected chi connectivity index (χ2v) is 1.81. The Morgan fingerprint density at radius 3 is 2.60 bits per heavy atom. The van der Waals surface area contributed by atoms with Crippen LogP contribution in [-0.2, 0) is 14.3 Å². The maximum Gasteiger partial charge on any atom is 0.349 e. The van der Waals surface area contributed by atoms with Crippen LogP contribution >= 0.6 is 0 Å². The summed E-state index contributed by atoms with van der Waals surface area (Å²) in [5, 5.41) is 8.29. The topological polar surface area (TPSA) is 76.0 Å². The van der Waals surface area contributed by atoms with Crippen LogP contribution in [0, 0.1) is 0 Å². The van der Waals surface area contributed by atoms with Crippen molar-refractivity contribution >= 4 is 17.8 Å². The van der Waals surface area contributed by atoms with Gasteiger partial charge in [0.25, 0.3) is 0 Å².